The number of halogens is 2. The van der Waals surface area contributed by atoms with Gasteiger partial charge in [-0.05, 0) is 0 Å². The van der Waals surface area contributed by atoms with E-state index in [9.17, 15) is 17.0 Å². The van der Waals surface area contributed by atoms with E-state index in [2.05, 4.69) is 192 Å². The van der Waals surface area contributed by atoms with Crippen molar-refractivity contribution in [2.75, 3.05) is 0 Å². The SMILES string of the molecule is CCCCCCCC1=Cc2c(-c3cc(C)cc(C)c3)ccc(-c3cc(C)cc(C)c3)c2[CH]1[Zr]([Cl])([Cl])([CH]1C(CCCCCCC)=Cc2c(-c3cc(C)cc(C)c3)ccc(-c3cc(C)cc(C)c3)c21)[SiH](C)C. The second-order valence-electron chi connectivity index (χ2n) is 22.5. The van der Waals surface area contributed by atoms with E-state index in [4.69, 9.17) is 0 Å². The summed E-state index contributed by atoms with van der Waals surface area (Å²) in [6, 6.07) is 38.3. The maximum absolute atomic E-state index is 9.61. The summed E-state index contributed by atoms with van der Waals surface area (Å²) >= 11 is -5.45. The number of rotatable bonds is 19. The van der Waals surface area contributed by atoms with E-state index in [0.717, 1.165) is 25.7 Å². The molecule has 6 aromatic rings. The molecule has 6 aromatic carbocycles. The number of allylic oxidation sites excluding steroid dienone is 2. The number of unbranched alkanes of at least 4 members (excludes halogenated alkanes) is 8. The normalized spacial score (nSPS) is 16.0. The number of aryl methyl sites for hydroxylation is 8. The zero-order chi connectivity index (χ0) is 50.1. The van der Waals surface area contributed by atoms with Crippen molar-refractivity contribution in [1.82, 2.24) is 0 Å². The third-order valence-corrected chi connectivity index (χ3v) is 67.8. The second kappa shape index (κ2) is 21.9. The van der Waals surface area contributed by atoms with Crippen LogP contribution in [0.1, 0.15) is 165 Å². The minimum atomic E-state index is -5.45. The first-order chi connectivity index (χ1) is 33.4. The Balaban J connectivity index is 1.49. The molecule has 2 aliphatic rings. The zero-order valence-electron chi connectivity index (χ0n) is 44.9. The fourth-order valence-corrected chi connectivity index (χ4v) is 44.3. The predicted octanol–water partition coefficient (Wildman–Crippen LogP) is 21.1. The average Bonchev–Trinajstić information content (AvgIpc) is 3.88. The van der Waals surface area contributed by atoms with Gasteiger partial charge in [0.05, 0.1) is 0 Å². The van der Waals surface area contributed by atoms with Crippen molar-refractivity contribution in [2.24, 2.45) is 0 Å². The van der Waals surface area contributed by atoms with Gasteiger partial charge in [0, 0.05) is 0 Å². The summed E-state index contributed by atoms with van der Waals surface area (Å²) in [6.45, 7) is 27.7. The number of benzene rings is 6. The van der Waals surface area contributed by atoms with Crippen LogP contribution >= 0.6 is 17.0 Å². The van der Waals surface area contributed by atoms with Crippen LogP contribution < -0.4 is 0 Å². The van der Waals surface area contributed by atoms with Gasteiger partial charge in [0.15, 0.2) is 0 Å². The van der Waals surface area contributed by atoms with Crippen LogP contribution in [-0.4, -0.2) is 5.92 Å². The molecule has 0 spiro atoms. The molecule has 0 nitrogen and oxygen atoms in total. The summed E-state index contributed by atoms with van der Waals surface area (Å²) in [5.41, 5.74) is 29.2. The molecular weight excluding hydrogens is 983 g/mol. The molecule has 2 aliphatic carbocycles. The van der Waals surface area contributed by atoms with Crippen molar-refractivity contribution >= 4 is 35.1 Å². The summed E-state index contributed by atoms with van der Waals surface area (Å²) in [4.78, 5) is 0. The average molecular weight is 1060 g/mol. The molecule has 0 amide bonds. The Morgan fingerprint density at radius 2 is 0.657 bits per heavy atom. The third-order valence-electron chi connectivity index (χ3n) is 16.0. The Bertz CT molecular complexity index is 2710. The van der Waals surface area contributed by atoms with Crippen LogP contribution in [0.2, 0.25) is 13.1 Å². The third kappa shape index (κ3) is 10.6. The summed E-state index contributed by atoms with van der Waals surface area (Å²) in [5.74, 6) is -1.94. The molecule has 0 fully saturated rings. The van der Waals surface area contributed by atoms with Gasteiger partial charge < -0.3 is 0 Å². The first-order valence-corrected chi connectivity index (χ1v) is 43.4. The first kappa shape index (κ1) is 52.8. The van der Waals surface area contributed by atoms with Gasteiger partial charge in [-0.15, -0.1) is 0 Å². The second-order valence-corrected chi connectivity index (χ2v) is 65.0. The summed E-state index contributed by atoms with van der Waals surface area (Å²) < 4.78 is -0.0635. The van der Waals surface area contributed by atoms with Crippen molar-refractivity contribution in [3.05, 3.63) is 175 Å². The van der Waals surface area contributed by atoms with Crippen molar-refractivity contribution in [3.63, 3.8) is 0 Å². The van der Waals surface area contributed by atoms with Gasteiger partial charge in [-0.3, -0.25) is 0 Å². The monoisotopic (exact) mass is 1060 g/mol. The van der Waals surface area contributed by atoms with Crippen LogP contribution in [0.5, 0.6) is 0 Å². The van der Waals surface area contributed by atoms with Gasteiger partial charge in [-0.25, -0.2) is 0 Å². The fraction of sp³-hybridized carbons (Fsp3) is 0.394. The van der Waals surface area contributed by atoms with Crippen LogP contribution in [0.15, 0.2) is 108 Å². The molecule has 8 rings (SSSR count). The molecule has 2 unspecified atom stereocenters. The number of hydrogen-bond acceptors (Lipinski definition) is 0. The van der Waals surface area contributed by atoms with Crippen molar-refractivity contribution < 1.29 is 15.6 Å². The first-order valence-electron chi connectivity index (χ1n) is 27.1. The van der Waals surface area contributed by atoms with Crippen LogP contribution in [0.25, 0.3) is 56.7 Å². The molecule has 2 atom stereocenters. The van der Waals surface area contributed by atoms with E-state index >= 15 is 0 Å². The van der Waals surface area contributed by atoms with Gasteiger partial charge in [0.1, 0.15) is 0 Å². The van der Waals surface area contributed by atoms with Gasteiger partial charge >= 0.3 is 437 Å². The molecule has 0 aromatic heterocycles. The molecule has 0 saturated carbocycles. The van der Waals surface area contributed by atoms with E-state index in [1.807, 2.05) is 0 Å². The molecule has 4 heteroatoms. The number of fused-ring (bicyclic) bond motifs is 2. The Morgan fingerprint density at radius 1 is 0.386 bits per heavy atom. The predicted molar refractivity (Wildman–Crippen MR) is 311 cm³/mol. The summed E-state index contributed by atoms with van der Waals surface area (Å²) in [7, 11) is 19.2. The van der Waals surface area contributed by atoms with Gasteiger partial charge in [-0.1, -0.05) is 0 Å². The molecule has 0 bridgehead atoms. The molecular formula is C66H81Cl2SiZr. The Labute approximate surface area is 433 Å². The van der Waals surface area contributed by atoms with E-state index in [0.29, 0.717) is 0 Å². The minimum absolute atomic E-state index is 0.0318. The van der Waals surface area contributed by atoms with Crippen LogP contribution in [0.3, 0.4) is 0 Å². The quantitative estimate of drug-likeness (QED) is 0.0560. The molecule has 0 heterocycles. The van der Waals surface area contributed by atoms with Crippen molar-refractivity contribution in [3.8, 4) is 44.5 Å². The topological polar surface area (TPSA) is 0 Å². The molecule has 0 aliphatic heterocycles. The van der Waals surface area contributed by atoms with Gasteiger partial charge in [0.25, 0.3) is 0 Å². The molecule has 70 heavy (non-hydrogen) atoms. The van der Waals surface area contributed by atoms with Crippen LogP contribution in [0, 0.1) is 55.4 Å². The maximum atomic E-state index is 9.61. The van der Waals surface area contributed by atoms with E-state index in [1.165, 1.54) is 174 Å². The van der Waals surface area contributed by atoms with Crippen molar-refractivity contribution in [2.45, 2.75) is 167 Å². The van der Waals surface area contributed by atoms with E-state index < -0.39 is 21.5 Å². The number of hydrogen-bond donors (Lipinski definition) is 0. The molecule has 0 radical (unpaired) electrons. The molecule has 0 saturated heterocycles. The standard InChI is InChI=1S/2C32H37.C2H7Si.2ClH.Zr/c2*1-6-7-8-9-10-11-26-20-31-29(27-16-22(2)14-23(3)17-27)12-13-30(32(31)21-26)28-18-24(4)15-25(5)19-28;1-3-2;;;/h2*12-21H,6-11H2,1-5H3;3H,1-2H3;2*1H;/q;;;;;+2/p-2. The van der Waals surface area contributed by atoms with E-state index in [-0.39, 0.29) is 7.25 Å². The summed E-state index contributed by atoms with van der Waals surface area (Å²) in [6.07, 6.45) is 19.6. The van der Waals surface area contributed by atoms with Crippen molar-refractivity contribution in [1.29, 1.82) is 0 Å². The van der Waals surface area contributed by atoms with E-state index in [1.54, 1.807) is 0 Å². The molecule has 0 N–H and O–H groups in total. The van der Waals surface area contributed by atoms with Crippen LogP contribution in [-0.2, 0) is 15.6 Å². The van der Waals surface area contributed by atoms with Crippen LogP contribution in [0.4, 0.5) is 0 Å². The zero-order valence-corrected chi connectivity index (χ0v) is 50.0. The molecule has 367 valence electrons. The van der Waals surface area contributed by atoms with Gasteiger partial charge in [-0.2, -0.15) is 0 Å². The Morgan fingerprint density at radius 3 is 0.943 bits per heavy atom. The summed E-state index contributed by atoms with van der Waals surface area (Å²) in [5, 5.41) is 0. The Hall–Kier alpha value is -3.52. The Kier molecular flexibility index (Phi) is 16.5. The fourth-order valence-electron chi connectivity index (χ4n) is 13.0. The van der Waals surface area contributed by atoms with Gasteiger partial charge in [0.2, 0.25) is 0 Å².